The number of hydrogen-bond acceptors (Lipinski definition) is 1. The first-order chi connectivity index (χ1) is 28.7. The Hall–Kier alpha value is -6.25. The molecule has 0 saturated carbocycles. The van der Waals surface area contributed by atoms with Crippen molar-refractivity contribution in [2.75, 3.05) is 0 Å². The Balaban J connectivity index is 1.38. The molecule has 220 valence electrons. The fourth-order valence-corrected chi connectivity index (χ4v) is 6.27. The molecule has 0 aliphatic heterocycles. The number of nitrogens with zero attached hydrogens (tertiary/aromatic N) is 2. The molecule has 2 heteroatoms. The molecule has 0 N–H and O–H groups in total. The van der Waals surface area contributed by atoms with Crippen LogP contribution in [0.3, 0.4) is 0 Å². The summed E-state index contributed by atoms with van der Waals surface area (Å²) >= 11 is 0. The van der Waals surface area contributed by atoms with Crippen molar-refractivity contribution in [1.29, 1.82) is 0 Å². The zero-order valence-corrected chi connectivity index (χ0v) is 24.7. The molecule has 0 fully saturated rings. The molecule has 0 radical (unpaired) electrons. The Labute approximate surface area is 292 Å². The van der Waals surface area contributed by atoms with Crippen molar-refractivity contribution >= 4 is 32.6 Å². The molecule has 0 aliphatic carbocycles. The van der Waals surface area contributed by atoms with Crippen LogP contribution in [-0.2, 0) is 0 Å². The number of hydrogen-bond donors (Lipinski definition) is 0. The van der Waals surface area contributed by atoms with Gasteiger partial charge in [0.1, 0.15) is 5.82 Å². The Morgan fingerprint density at radius 2 is 0.979 bits per heavy atom. The van der Waals surface area contributed by atoms with Crippen LogP contribution in [0.2, 0.25) is 0 Å². The van der Waals surface area contributed by atoms with E-state index in [1.165, 1.54) is 6.07 Å². The highest BCUT2D eigenvalue weighted by Gasteiger charge is 2.18. The van der Waals surface area contributed by atoms with E-state index in [1.54, 1.807) is 30.3 Å². The lowest BCUT2D eigenvalue weighted by Crippen LogP contribution is -1.98. The van der Waals surface area contributed by atoms with Gasteiger partial charge < -0.3 is 0 Å². The van der Waals surface area contributed by atoms with Crippen molar-refractivity contribution < 1.29 is 17.8 Å². The predicted octanol–water partition coefficient (Wildman–Crippen LogP) is 12.0. The summed E-state index contributed by atoms with van der Waals surface area (Å²) in [6, 6.07) is 24.4. The summed E-state index contributed by atoms with van der Waals surface area (Å²) in [5.41, 5.74) is 4.25. The average Bonchev–Trinajstić information content (AvgIpc) is 3.66. The summed E-state index contributed by atoms with van der Waals surface area (Å²) in [7, 11) is 0. The van der Waals surface area contributed by atoms with Crippen molar-refractivity contribution in [3.05, 3.63) is 182 Å². The second kappa shape index (κ2) is 11.3. The largest absolute Gasteiger partial charge is 0.292 e. The van der Waals surface area contributed by atoms with Crippen LogP contribution in [0.1, 0.15) is 17.8 Å². The zero-order chi connectivity index (χ0) is 42.5. The van der Waals surface area contributed by atoms with Gasteiger partial charge in [-0.05, 0) is 85.3 Å². The van der Waals surface area contributed by atoms with Crippen LogP contribution in [0, 0.1) is 0 Å². The third-order valence-electron chi connectivity index (χ3n) is 8.32. The molecule has 9 rings (SSSR count). The summed E-state index contributed by atoms with van der Waals surface area (Å²) in [5.74, 6) is 0.693. The maximum absolute atomic E-state index is 9.34. The Bertz CT molecular complexity index is 3180. The summed E-state index contributed by atoms with van der Waals surface area (Å²) in [4.78, 5) is 4.93. The van der Waals surface area contributed by atoms with Gasteiger partial charge in [-0.25, -0.2) is 4.98 Å². The van der Waals surface area contributed by atoms with Crippen molar-refractivity contribution in [2.24, 2.45) is 0 Å². The molecular formula is C45H30N2. The number of para-hydroxylation sites is 2. The van der Waals surface area contributed by atoms with Crippen molar-refractivity contribution in [1.82, 2.24) is 9.55 Å². The standard InChI is InChI=1S/C45H30N2/c1-3-14-31(15-4-1)34-18-13-19-35(30-34)44-39-22-9-7-20-37(39)43(38-21-8-10-23-40(38)44)32-26-28-36(29-27-32)47-42-25-12-11-24-41(42)46-45(47)33-16-5-2-6-17-33/h1-30H/i1D,3D,4D,7D,8D,9D,10D,14D,15D,20D,21D,22D,23D. The van der Waals surface area contributed by atoms with E-state index < -0.39 is 78.6 Å². The van der Waals surface area contributed by atoms with E-state index in [9.17, 15) is 5.48 Å². The van der Waals surface area contributed by atoms with E-state index in [0.717, 1.165) is 22.3 Å². The van der Waals surface area contributed by atoms with Crippen LogP contribution >= 0.6 is 0 Å². The minimum Gasteiger partial charge on any atom is -0.292 e. The van der Waals surface area contributed by atoms with Crippen molar-refractivity contribution in [2.45, 2.75) is 0 Å². The normalized spacial score (nSPS) is 15.3. The van der Waals surface area contributed by atoms with Crippen LogP contribution in [0.25, 0.3) is 83.0 Å². The summed E-state index contributed by atoms with van der Waals surface area (Å²) in [6.07, 6.45) is 0. The highest BCUT2D eigenvalue weighted by atomic mass is 15.1. The van der Waals surface area contributed by atoms with Gasteiger partial charge in [-0.2, -0.15) is 0 Å². The van der Waals surface area contributed by atoms with Gasteiger partial charge in [-0.3, -0.25) is 4.57 Å². The second-order valence-electron chi connectivity index (χ2n) is 11.0. The molecule has 0 aliphatic rings. The fourth-order valence-electron chi connectivity index (χ4n) is 6.27. The van der Waals surface area contributed by atoms with E-state index in [1.807, 2.05) is 71.3 Å². The lowest BCUT2D eigenvalue weighted by atomic mass is 9.85. The van der Waals surface area contributed by atoms with Gasteiger partial charge >= 0.3 is 0 Å². The van der Waals surface area contributed by atoms with Crippen LogP contribution in [0.4, 0.5) is 0 Å². The Morgan fingerprint density at radius 1 is 0.426 bits per heavy atom. The molecule has 1 heterocycles. The number of aromatic nitrogens is 2. The first-order valence-corrected chi connectivity index (χ1v) is 15.0. The van der Waals surface area contributed by atoms with Crippen LogP contribution in [0.15, 0.2) is 182 Å². The molecule has 1 aromatic heterocycles. The summed E-state index contributed by atoms with van der Waals surface area (Å²) in [5, 5.41) is 0.0191. The highest BCUT2D eigenvalue weighted by molar-refractivity contribution is 6.21. The van der Waals surface area contributed by atoms with Crippen LogP contribution in [0.5, 0.6) is 0 Å². The van der Waals surface area contributed by atoms with Gasteiger partial charge in [0.15, 0.2) is 0 Å². The first kappa shape index (κ1) is 16.9. The summed E-state index contributed by atoms with van der Waals surface area (Å²) < 4.78 is 116. The van der Waals surface area contributed by atoms with E-state index in [2.05, 4.69) is 0 Å². The third-order valence-corrected chi connectivity index (χ3v) is 8.32. The smallest absolute Gasteiger partial charge is 0.145 e. The Kier molecular flexibility index (Phi) is 4.05. The molecule has 8 aromatic carbocycles. The van der Waals surface area contributed by atoms with E-state index in [0.29, 0.717) is 11.4 Å². The molecule has 9 aromatic rings. The highest BCUT2D eigenvalue weighted by Crippen LogP contribution is 2.44. The molecule has 0 amide bonds. The van der Waals surface area contributed by atoms with Gasteiger partial charge in [0.25, 0.3) is 0 Å². The van der Waals surface area contributed by atoms with Gasteiger partial charge in [-0.15, -0.1) is 0 Å². The fraction of sp³-hybridized carbons (Fsp3) is 0. The number of imidazole rings is 1. The average molecular weight is 612 g/mol. The van der Waals surface area contributed by atoms with E-state index >= 15 is 0 Å². The lowest BCUT2D eigenvalue weighted by molar-refractivity contribution is 1.10. The molecule has 0 bridgehead atoms. The SMILES string of the molecule is [2H]c1c([2H])c([2H])c(-c2cccc(-c3c4c([2H])c([2H])c([2H])c([2H])c4c(-c4ccc(-n5c(-c6ccccc6)nc6ccccc65)cc4)c4c([2H])c([2H])c([2H])c([2H])c34)c2)c([2H])c1[2H]. The van der Waals surface area contributed by atoms with Gasteiger partial charge in [0, 0.05) is 11.3 Å². The molecule has 0 saturated heterocycles. The van der Waals surface area contributed by atoms with E-state index in [4.69, 9.17) is 17.3 Å². The monoisotopic (exact) mass is 611 g/mol. The van der Waals surface area contributed by atoms with Gasteiger partial charge in [-0.1, -0.05) is 151 Å². The quantitative estimate of drug-likeness (QED) is 0.177. The minimum absolute atomic E-state index is 0.0113. The Morgan fingerprint density at radius 3 is 1.66 bits per heavy atom. The molecule has 0 atom stereocenters. The molecular weight excluding hydrogens is 569 g/mol. The lowest BCUT2D eigenvalue weighted by Gasteiger charge is -2.18. The number of fused-ring (bicyclic) bond motifs is 3. The number of benzene rings is 8. The number of rotatable bonds is 5. The maximum Gasteiger partial charge on any atom is 0.145 e. The second-order valence-corrected chi connectivity index (χ2v) is 11.0. The molecule has 0 unspecified atom stereocenters. The molecule has 2 nitrogen and oxygen atoms in total. The predicted molar refractivity (Wildman–Crippen MR) is 198 cm³/mol. The van der Waals surface area contributed by atoms with Crippen molar-refractivity contribution in [3.63, 3.8) is 0 Å². The zero-order valence-electron chi connectivity index (χ0n) is 37.7. The maximum atomic E-state index is 9.34. The summed E-state index contributed by atoms with van der Waals surface area (Å²) in [6.45, 7) is 0. The van der Waals surface area contributed by atoms with Gasteiger partial charge in [0.2, 0.25) is 0 Å². The van der Waals surface area contributed by atoms with Crippen molar-refractivity contribution in [3.8, 4) is 50.5 Å². The first-order valence-electron chi connectivity index (χ1n) is 21.5. The molecule has 47 heavy (non-hydrogen) atoms. The third kappa shape index (κ3) is 4.62. The topological polar surface area (TPSA) is 17.8 Å². The van der Waals surface area contributed by atoms with Gasteiger partial charge in [0.05, 0.1) is 28.9 Å². The minimum atomic E-state index is -0.562. The van der Waals surface area contributed by atoms with Crippen LogP contribution < -0.4 is 0 Å². The molecule has 0 spiro atoms. The van der Waals surface area contributed by atoms with E-state index in [-0.39, 0.29) is 49.4 Å². The van der Waals surface area contributed by atoms with Crippen LogP contribution in [-0.4, -0.2) is 9.55 Å².